The Morgan fingerprint density at radius 2 is 1.68 bits per heavy atom. The van der Waals surface area contributed by atoms with Gasteiger partial charge in [0.1, 0.15) is 5.52 Å². The minimum absolute atomic E-state index is 0. The lowest BCUT2D eigenvalue weighted by atomic mass is 10.1. The smallest absolute Gasteiger partial charge is 0.296 e. The van der Waals surface area contributed by atoms with E-state index < -0.39 is 0 Å². The Morgan fingerprint density at radius 1 is 0.968 bits per heavy atom. The molecule has 0 aliphatic carbocycles. The minimum atomic E-state index is 0. The van der Waals surface area contributed by atoms with Crippen molar-refractivity contribution in [3.8, 4) is 11.1 Å². The number of nitrogens with zero attached hydrogens (tertiary/aromatic N) is 4. The van der Waals surface area contributed by atoms with Crippen LogP contribution in [0, 0.1) is 6.92 Å². The van der Waals surface area contributed by atoms with Gasteiger partial charge in [-0.1, -0.05) is 42.5 Å². The fourth-order valence-electron chi connectivity index (χ4n) is 4.06. The maximum atomic E-state index is 4.85. The predicted molar refractivity (Wildman–Crippen MR) is 124 cm³/mol. The van der Waals surface area contributed by atoms with Crippen LogP contribution >= 0.6 is 0 Å². The molecular formula is C26H25IN4. The molecule has 0 amide bonds. The van der Waals surface area contributed by atoms with Gasteiger partial charge in [0.15, 0.2) is 5.52 Å². The van der Waals surface area contributed by atoms with Crippen molar-refractivity contribution in [1.82, 2.24) is 9.38 Å². The Kier molecular flexibility index (Phi) is 5.71. The summed E-state index contributed by atoms with van der Waals surface area (Å²) in [6.07, 6.45) is 4.42. The highest BCUT2D eigenvalue weighted by atomic mass is 127. The molecule has 5 rings (SSSR count). The van der Waals surface area contributed by atoms with Crippen LogP contribution in [-0.2, 0) is 7.05 Å². The monoisotopic (exact) mass is 520 g/mol. The summed E-state index contributed by atoms with van der Waals surface area (Å²) < 4.78 is 4.41. The summed E-state index contributed by atoms with van der Waals surface area (Å²) in [6.45, 7) is 2.05. The lowest BCUT2D eigenvalue weighted by molar-refractivity contribution is -0.651. The zero-order valence-electron chi connectivity index (χ0n) is 18.2. The predicted octanol–water partition coefficient (Wildman–Crippen LogP) is 0.905. The van der Waals surface area contributed by atoms with E-state index in [1.807, 2.05) is 0 Å². The average molecular weight is 520 g/mol. The van der Waals surface area contributed by atoms with E-state index in [4.69, 9.17) is 4.98 Å². The SMILES string of the molecule is Cc1nc2c3cc(-c4ccccc4)/c(=C/c4ccc(N(C)C)cc4)n3ccc2[n+]1C.[I-]. The number of benzene rings is 2. The van der Waals surface area contributed by atoms with Crippen molar-refractivity contribution in [1.29, 1.82) is 0 Å². The molecule has 31 heavy (non-hydrogen) atoms. The number of hydrogen-bond donors (Lipinski definition) is 0. The molecule has 2 aromatic carbocycles. The van der Waals surface area contributed by atoms with Crippen LogP contribution in [0.4, 0.5) is 5.69 Å². The maximum Gasteiger partial charge on any atom is 0.296 e. The first kappa shape index (κ1) is 21.3. The number of anilines is 1. The van der Waals surface area contributed by atoms with Gasteiger partial charge >= 0.3 is 0 Å². The number of aryl methyl sites for hydroxylation is 2. The Bertz CT molecular complexity index is 1420. The molecule has 0 N–H and O–H groups in total. The van der Waals surface area contributed by atoms with Crippen molar-refractivity contribution >= 4 is 28.3 Å². The highest BCUT2D eigenvalue weighted by Crippen LogP contribution is 2.23. The van der Waals surface area contributed by atoms with Gasteiger partial charge in [0.2, 0.25) is 5.52 Å². The lowest BCUT2D eigenvalue weighted by Gasteiger charge is -2.11. The lowest BCUT2D eigenvalue weighted by Crippen LogP contribution is -3.00. The van der Waals surface area contributed by atoms with Crippen LogP contribution in [0.2, 0.25) is 0 Å². The minimum Gasteiger partial charge on any atom is -1.00 e. The second-order valence-electron chi connectivity index (χ2n) is 7.96. The Hall–Kier alpha value is -2.93. The van der Waals surface area contributed by atoms with Crippen molar-refractivity contribution in [3.05, 3.63) is 89.7 Å². The maximum absolute atomic E-state index is 4.85. The highest BCUT2D eigenvalue weighted by molar-refractivity contribution is 5.91. The van der Waals surface area contributed by atoms with E-state index in [2.05, 4.69) is 121 Å². The van der Waals surface area contributed by atoms with E-state index in [0.717, 1.165) is 22.4 Å². The van der Waals surface area contributed by atoms with Gasteiger partial charge in [0.05, 0.1) is 12.4 Å². The Morgan fingerprint density at radius 3 is 2.35 bits per heavy atom. The van der Waals surface area contributed by atoms with Crippen molar-refractivity contribution in [2.45, 2.75) is 6.92 Å². The first-order valence-electron chi connectivity index (χ1n) is 10.2. The second-order valence-corrected chi connectivity index (χ2v) is 7.96. The molecule has 0 saturated carbocycles. The Balaban J connectivity index is 0.00000231. The van der Waals surface area contributed by atoms with Crippen LogP contribution in [-0.4, -0.2) is 23.5 Å². The van der Waals surface area contributed by atoms with Crippen LogP contribution < -0.4 is 38.8 Å². The normalized spacial score (nSPS) is 11.8. The molecule has 0 fully saturated rings. The van der Waals surface area contributed by atoms with Gasteiger partial charge in [0, 0.05) is 44.5 Å². The van der Waals surface area contributed by atoms with E-state index >= 15 is 0 Å². The fraction of sp³-hybridized carbons (Fsp3) is 0.154. The first-order chi connectivity index (χ1) is 14.5. The van der Waals surface area contributed by atoms with E-state index in [9.17, 15) is 0 Å². The van der Waals surface area contributed by atoms with Gasteiger partial charge in [-0.15, -0.1) is 0 Å². The summed E-state index contributed by atoms with van der Waals surface area (Å²) in [4.78, 5) is 6.97. The summed E-state index contributed by atoms with van der Waals surface area (Å²) in [6, 6.07) is 23.7. The van der Waals surface area contributed by atoms with Gasteiger partial charge in [0.25, 0.3) is 5.82 Å². The molecule has 0 atom stereocenters. The van der Waals surface area contributed by atoms with Crippen LogP contribution in [0.3, 0.4) is 0 Å². The summed E-state index contributed by atoms with van der Waals surface area (Å²) in [5.74, 6) is 1.02. The summed E-state index contributed by atoms with van der Waals surface area (Å²) in [5.41, 5.74) is 8.11. The molecule has 156 valence electrons. The fourth-order valence-corrected chi connectivity index (χ4v) is 4.06. The number of pyridine rings is 1. The summed E-state index contributed by atoms with van der Waals surface area (Å²) >= 11 is 0. The molecule has 0 spiro atoms. The molecule has 0 radical (unpaired) electrons. The van der Waals surface area contributed by atoms with E-state index in [0.29, 0.717) is 0 Å². The number of fused-ring (bicyclic) bond motifs is 3. The largest absolute Gasteiger partial charge is 1.00 e. The van der Waals surface area contributed by atoms with Crippen LogP contribution in [0.25, 0.3) is 33.8 Å². The molecule has 5 aromatic rings. The van der Waals surface area contributed by atoms with Crippen molar-refractivity contribution < 1.29 is 28.5 Å². The topological polar surface area (TPSA) is 24.4 Å². The van der Waals surface area contributed by atoms with E-state index in [-0.39, 0.29) is 24.0 Å². The molecule has 3 heterocycles. The number of imidazole rings is 1. The van der Waals surface area contributed by atoms with Gasteiger partial charge in [-0.3, -0.25) is 0 Å². The first-order valence-corrected chi connectivity index (χ1v) is 10.2. The second kappa shape index (κ2) is 8.30. The number of halogens is 1. The molecule has 0 unspecified atom stereocenters. The quantitative estimate of drug-likeness (QED) is 0.261. The number of rotatable bonds is 3. The van der Waals surface area contributed by atoms with Crippen molar-refractivity contribution in [2.75, 3.05) is 19.0 Å². The zero-order chi connectivity index (χ0) is 20.8. The standard InChI is InChI=1S/C26H25N4.HI/c1-18-27-26-23(29(18)4)14-15-30-24(16-19-10-12-21(13-11-19)28(2)3)22(17-25(26)30)20-8-6-5-7-9-20;/h5-17H,1-4H3;1H/q+1;/p-1. The molecule has 3 aromatic heterocycles. The molecular weight excluding hydrogens is 495 g/mol. The van der Waals surface area contributed by atoms with E-state index in [1.165, 1.54) is 27.7 Å². The molecule has 5 heteroatoms. The summed E-state index contributed by atoms with van der Waals surface area (Å²) in [5, 5.41) is 1.17. The van der Waals surface area contributed by atoms with Crippen LogP contribution in [0.5, 0.6) is 0 Å². The molecule has 4 nitrogen and oxygen atoms in total. The van der Waals surface area contributed by atoms with Crippen molar-refractivity contribution in [3.63, 3.8) is 0 Å². The number of hydrogen-bond acceptors (Lipinski definition) is 2. The number of aromatic nitrogens is 3. The van der Waals surface area contributed by atoms with Crippen molar-refractivity contribution in [2.24, 2.45) is 7.05 Å². The van der Waals surface area contributed by atoms with Gasteiger partial charge in [-0.05, 0) is 40.4 Å². The van der Waals surface area contributed by atoms with Gasteiger partial charge in [-0.25, -0.2) is 4.57 Å². The van der Waals surface area contributed by atoms with Crippen LogP contribution in [0.1, 0.15) is 11.4 Å². The zero-order valence-corrected chi connectivity index (χ0v) is 20.3. The summed E-state index contributed by atoms with van der Waals surface area (Å²) in [7, 11) is 6.20. The third-order valence-corrected chi connectivity index (χ3v) is 5.86. The highest BCUT2D eigenvalue weighted by Gasteiger charge is 2.20. The van der Waals surface area contributed by atoms with Crippen LogP contribution in [0.15, 0.2) is 72.9 Å². The molecule has 0 aliphatic rings. The molecule has 0 saturated heterocycles. The molecule has 0 aliphatic heterocycles. The van der Waals surface area contributed by atoms with E-state index in [1.54, 1.807) is 0 Å². The third-order valence-electron chi connectivity index (χ3n) is 5.86. The third kappa shape index (κ3) is 3.67. The Labute approximate surface area is 199 Å². The average Bonchev–Trinajstić information content (AvgIpc) is 3.27. The molecule has 0 bridgehead atoms. The van der Waals surface area contributed by atoms with Gasteiger partial charge in [-0.2, -0.15) is 0 Å². The van der Waals surface area contributed by atoms with Gasteiger partial charge < -0.3 is 33.3 Å².